The zero-order chi connectivity index (χ0) is 10.3. The van der Waals surface area contributed by atoms with Gasteiger partial charge in [0, 0.05) is 0 Å². The van der Waals surface area contributed by atoms with Crippen molar-refractivity contribution in [2.75, 3.05) is 6.61 Å². The molecule has 0 aromatic carbocycles. The fraction of sp³-hybridized carbons (Fsp3) is 0.833. The summed E-state index contributed by atoms with van der Waals surface area (Å²) in [5, 5.41) is 27.0. The number of rotatable bonds is 3. The summed E-state index contributed by atoms with van der Waals surface area (Å²) in [5.74, 6) is -1.48. The molecule has 0 aromatic heterocycles. The Labute approximate surface area is 87.8 Å². The third-order valence-corrected chi connectivity index (χ3v) is 5.53. The molecular formula is C6H9O7Sb. The van der Waals surface area contributed by atoms with E-state index in [-0.39, 0.29) is 0 Å². The summed E-state index contributed by atoms with van der Waals surface area (Å²) in [6.45, 7) is 0.316. The zero-order valence-electron chi connectivity index (χ0n) is 6.94. The van der Waals surface area contributed by atoms with Gasteiger partial charge in [-0.2, -0.15) is 0 Å². The van der Waals surface area contributed by atoms with E-state index in [0.29, 0.717) is 6.61 Å². The van der Waals surface area contributed by atoms with Crippen LogP contribution < -0.4 is 0 Å². The first kappa shape index (κ1) is 10.6. The summed E-state index contributed by atoms with van der Waals surface area (Å²) in [4.78, 5) is 10.4. The van der Waals surface area contributed by atoms with E-state index in [9.17, 15) is 9.90 Å². The second-order valence-electron chi connectivity index (χ2n) is 3.01. The van der Waals surface area contributed by atoms with Crippen LogP contribution in [0.4, 0.5) is 0 Å². The van der Waals surface area contributed by atoms with Gasteiger partial charge in [-0.25, -0.2) is 0 Å². The van der Waals surface area contributed by atoms with E-state index in [2.05, 4.69) is 0 Å². The summed E-state index contributed by atoms with van der Waals surface area (Å²) >= 11 is -2.55. The molecule has 0 aliphatic carbocycles. The molecule has 0 radical (unpaired) electrons. The van der Waals surface area contributed by atoms with Crippen LogP contribution in [-0.4, -0.2) is 73.8 Å². The number of hydrogen-bond donors (Lipinski definition) is 3. The van der Waals surface area contributed by atoms with Crippen molar-refractivity contribution >= 4 is 27.4 Å². The first-order valence-corrected chi connectivity index (χ1v) is 7.08. The van der Waals surface area contributed by atoms with Crippen LogP contribution in [0.25, 0.3) is 0 Å². The third kappa shape index (κ3) is 1.76. The molecule has 0 spiro atoms. The van der Waals surface area contributed by atoms with E-state index in [0.717, 1.165) is 0 Å². The molecular weight excluding hydrogens is 306 g/mol. The molecule has 0 amide bonds. The van der Waals surface area contributed by atoms with Crippen molar-refractivity contribution in [2.24, 2.45) is 0 Å². The molecule has 2 rings (SSSR count). The van der Waals surface area contributed by atoms with Crippen molar-refractivity contribution in [3.8, 4) is 0 Å². The second kappa shape index (κ2) is 3.92. The fourth-order valence-corrected chi connectivity index (χ4v) is 5.00. The minimum absolute atomic E-state index is 0.316. The van der Waals surface area contributed by atoms with E-state index >= 15 is 0 Å². The number of aliphatic hydroxyl groups excluding tert-OH is 2. The number of fused-ring (bicyclic) bond motifs is 2. The van der Waals surface area contributed by atoms with Crippen molar-refractivity contribution in [1.82, 2.24) is 0 Å². The molecule has 8 heteroatoms. The Morgan fingerprint density at radius 2 is 2.14 bits per heavy atom. The third-order valence-electron chi connectivity index (χ3n) is 2.05. The Bertz CT molecular complexity index is 246. The molecule has 4 unspecified atom stereocenters. The Morgan fingerprint density at radius 1 is 1.43 bits per heavy atom. The van der Waals surface area contributed by atoms with Crippen molar-refractivity contribution in [3.63, 3.8) is 0 Å². The van der Waals surface area contributed by atoms with Crippen LogP contribution >= 0.6 is 0 Å². The van der Waals surface area contributed by atoms with Gasteiger partial charge in [-0.1, -0.05) is 0 Å². The molecule has 2 aliphatic heterocycles. The number of aliphatic hydroxyl groups is 2. The molecule has 2 bridgehead atoms. The van der Waals surface area contributed by atoms with Gasteiger partial charge >= 0.3 is 87.6 Å². The molecule has 2 heterocycles. The van der Waals surface area contributed by atoms with Gasteiger partial charge in [0.25, 0.3) is 0 Å². The van der Waals surface area contributed by atoms with Crippen LogP contribution in [-0.2, 0) is 13.8 Å². The number of carboxylic acids is 1. The number of hydrogen-bond acceptors (Lipinski definition) is 6. The summed E-state index contributed by atoms with van der Waals surface area (Å²) in [5.41, 5.74) is 0. The Hall–Kier alpha value is 0.0882. The molecule has 14 heavy (non-hydrogen) atoms. The molecule has 2 aliphatic rings. The Kier molecular flexibility index (Phi) is 2.97. The molecule has 80 valence electrons. The molecule has 7 nitrogen and oxygen atoms in total. The van der Waals surface area contributed by atoms with Crippen LogP contribution in [0.5, 0.6) is 0 Å². The summed E-state index contributed by atoms with van der Waals surface area (Å²) in [7, 11) is 0. The standard InChI is InChI=1S/C6H9O7.Sb/c7-1-2(8)3(9)4(10)5(11)6(12)13;/h2-5,10-11H,1H2,(H,12,13);/q-3;+3. The number of carbonyl (C=O) groups is 1. The number of carboxylic acid groups (broad SMARTS) is 1. The molecule has 4 atom stereocenters. The van der Waals surface area contributed by atoms with Gasteiger partial charge in [0.1, 0.15) is 0 Å². The maximum absolute atomic E-state index is 10.4. The zero-order valence-corrected chi connectivity index (χ0v) is 9.49. The van der Waals surface area contributed by atoms with Gasteiger partial charge in [0.05, 0.1) is 0 Å². The van der Waals surface area contributed by atoms with Gasteiger partial charge in [-0.3, -0.25) is 0 Å². The Morgan fingerprint density at radius 3 is 2.57 bits per heavy atom. The SMILES string of the molecule is O=C(O)C(O)C(O)C1[O][Sb]2[O]CC1[O]2. The van der Waals surface area contributed by atoms with Crippen molar-refractivity contribution in [1.29, 1.82) is 0 Å². The van der Waals surface area contributed by atoms with E-state index in [4.69, 9.17) is 19.3 Å². The summed E-state index contributed by atoms with van der Waals surface area (Å²) < 4.78 is 15.4. The first-order chi connectivity index (χ1) is 6.59. The van der Waals surface area contributed by atoms with Gasteiger partial charge in [0.15, 0.2) is 0 Å². The van der Waals surface area contributed by atoms with Gasteiger partial charge < -0.3 is 0 Å². The quantitative estimate of drug-likeness (QED) is 0.498. The van der Waals surface area contributed by atoms with Gasteiger partial charge in [-0.15, -0.1) is 0 Å². The summed E-state index contributed by atoms with van der Waals surface area (Å²) in [6, 6.07) is 0. The van der Waals surface area contributed by atoms with E-state index < -0.39 is 51.9 Å². The van der Waals surface area contributed by atoms with Gasteiger partial charge in [0.2, 0.25) is 0 Å². The molecule has 2 saturated heterocycles. The fourth-order valence-electron chi connectivity index (χ4n) is 1.29. The normalized spacial score (nSPS) is 35.9. The monoisotopic (exact) mass is 314 g/mol. The second-order valence-corrected chi connectivity index (χ2v) is 6.22. The van der Waals surface area contributed by atoms with E-state index in [1.54, 1.807) is 0 Å². The predicted molar refractivity (Wildman–Crippen MR) is 41.1 cm³/mol. The molecule has 0 aromatic rings. The van der Waals surface area contributed by atoms with Crippen LogP contribution in [0.2, 0.25) is 0 Å². The first-order valence-electron chi connectivity index (χ1n) is 3.95. The van der Waals surface area contributed by atoms with Crippen molar-refractivity contribution in [3.05, 3.63) is 0 Å². The van der Waals surface area contributed by atoms with Crippen molar-refractivity contribution < 1.29 is 29.2 Å². The minimum atomic E-state index is -2.55. The van der Waals surface area contributed by atoms with E-state index in [1.807, 2.05) is 0 Å². The average Bonchev–Trinajstić information content (AvgIpc) is 2.76. The van der Waals surface area contributed by atoms with Crippen LogP contribution in [0.15, 0.2) is 0 Å². The topological polar surface area (TPSA) is 105 Å². The molecule has 0 saturated carbocycles. The number of aliphatic carboxylic acids is 1. The van der Waals surface area contributed by atoms with Crippen LogP contribution in [0, 0.1) is 0 Å². The van der Waals surface area contributed by atoms with Gasteiger partial charge in [-0.05, 0) is 0 Å². The molecule has 2 fully saturated rings. The summed E-state index contributed by atoms with van der Waals surface area (Å²) in [6.07, 6.45) is -4.50. The molecule has 3 N–H and O–H groups in total. The predicted octanol–water partition coefficient (Wildman–Crippen LogP) is -2.41. The van der Waals surface area contributed by atoms with Crippen LogP contribution in [0.3, 0.4) is 0 Å². The van der Waals surface area contributed by atoms with Crippen molar-refractivity contribution in [2.45, 2.75) is 24.4 Å². The Balaban J connectivity index is 1.98. The van der Waals surface area contributed by atoms with E-state index in [1.165, 1.54) is 0 Å². The average molecular weight is 315 g/mol. The van der Waals surface area contributed by atoms with Crippen LogP contribution in [0.1, 0.15) is 0 Å². The maximum atomic E-state index is 10.4.